The van der Waals surface area contributed by atoms with E-state index in [9.17, 15) is 0 Å². The Morgan fingerprint density at radius 2 is 1.17 bits per heavy atom. The van der Waals surface area contributed by atoms with E-state index in [1.165, 1.54) is 23.0 Å². The van der Waals surface area contributed by atoms with Crippen molar-refractivity contribution in [1.29, 1.82) is 0 Å². The third kappa shape index (κ3) is 8.65. The van der Waals surface area contributed by atoms with E-state index in [-0.39, 0.29) is 0 Å². The van der Waals surface area contributed by atoms with Gasteiger partial charge in [-0.2, -0.15) is 0 Å². The molecule has 0 saturated heterocycles. The van der Waals surface area contributed by atoms with Gasteiger partial charge in [-0.3, -0.25) is 0 Å². The van der Waals surface area contributed by atoms with Gasteiger partial charge >= 0.3 is 82.7 Å². The van der Waals surface area contributed by atoms with Gasteiger partial charge in [-0.15, -0.1) is 0 Å². The van der Waals surface area contributed by atoms with Crippen LogP contribution in [-0.2, 0) is 0 Å². The molecule has 3 heteroatoms. The molecule has 0 atom stereocenters. The molecule has 0 aromatic heterocycles. The first-order valence-electron chi connectivity index (χ1n) is 4.82. The average Bonchev–Trinajstić information content (AvgIpc) is 1.96. The molecule has 12 heavy (non-hydrogen) atoms. The molecule has 0 fully saturated rings. The molecule has 72 valence electrons. The quantitative estimate of drug-likeness (QED) is 0.632. The minimum absolute atomic E-state index is 0.837. The Morgan fingerprint density at radius 1 is 0.833 bits per heavy atom. The fourth-order valence-electron chi connectivity index (χ4n) is 1.10. The second-order valence-electron chi connectivity index (χ2n) is 4.29. The predicted octanol–water partition coefficient (Wildman–Crippen LogP) is 1.23. The van der Waals surface area contributed by atoms with Crippen LogP contribution in [0.4, 0.5) is 0 Å². The van der Waals surface area contributed by atoms with Crippen LogP contribution in [0.15, 0.2) is 0 Å². The van der Waals surface area contributed by atoms with Crippen LogP contribution in [0.2, 0.25) is 15.4 Å². The van der Waals surface area contributed by atoms with Crippen molar-refractivity contribution in [3.63, 3.8) is 0 Å². The summed E-state index contributed by atoms with van der Waals surface area (Å²) in [5.41, 5.74) is 2.53. The van der Waals surface area contributed by atoms with Gasteiger partial charge in [0.2, 0.25) is 0 Å². The number of hydrogen-bond donors (Lipinski definition) is 0. The van der Waals surface area contributed by atoms with Crippen LogP contribution in [0.1, 0.15) is 0 Å². The van der Waals surface area contributed by atoms with Crippen molar-refractivity contribution >= 4 is 16.2 Å². The number of rotatable bonds is 6. The van der Waals surface area contributed by atoms with E-state index in [2.05, 4.69) is 43.5 Å². The van der Waals surface area contributed by atoms with E-state index >= 15 is 0 Å². The summed E-state index contributed by atoms with van der Waals surface area (Å²) in [6.07, 6.45) is 0. The molecule has 0 radical (unpaired) electrons. The van der Waals surface area contributed by atoms with Crippen molar-refractivity contribution in [1.82, 2.24) is 9.80 Å². The Hall–Kier alpha value is 0.556. The SMILES string of the molecule is CN(C)C[CH2][Ga]([CH3])[CH2]CN(C)C. The van der Waals surface area contributed by atoms with Crippen molar-refractivity contribution in [3.8, 4) is 0 Å². The fourth-order valence-corrected chi connectivity index (χ4v) is 5.72. The first kappa shape index (κ1) is 12.6. The second kappa shape index (κ2) is 7.01. The zero-order valence-corrected chi connectivity index (χ0v) is 11.7. The Bertz CT molecular complexity index is 92.7. The van der Waals surface area contributed by atoms with Crippen molar-refractivity contribution in [2.45, 2.75) is 15.4 Å². The van der Waals surface area contributed by atoms with E-state index in [1.54, 1.807) is 0 Å². The molecule has 0 unspecified atom stereocenters. The van der Waals surface area contributed by atoms with Crippen LogP contribution in [0.5, 0.6) is 0 Å². The summed E-state index contributed by atoms with van der Waals surface area (Å²) in [6, 6.07) is 0. The van der Waals surface area contributed by atoms with Gasteiger partial charge < -0.3 is 0 Å². The van der Waals surface area contributed by atoms with Crippen molar-refractivity contribution in [3.05, 3.63) is 0 Å². The third-order valence-electron chi connectivity index (χ3n) is 2.14. The maximum atomic E-state index is 2.53. The van der Waals surface area contributed by atoms with Crippen LogP contribution in [0.25, 0.3) is 0 Å². The summed E-state index contributed by atoms with van der Waals surface area (Å²) in [4.78, 5) is 7.62. The Kier molecular flexibility index (Phi) is 7.33. The van der Waals surface area contributed by atoms with E-state index < -0.39 is 16.2 Å². The molecule has 0 aliphatic rings. The van der Waals surface area contributed by atoms with Crippen molar-refractivity contribution in [2.24, 2.45) is 0 Å². The molecule has 0 aliphatic heterocycles. The molecule has 0 aromatic rings. The molecular formula is C9H23GaN2. The van der Waals surface area contributed by atoms with E-state index in [0.29, 0.717) is 0 Å². The van der Waals surface area contributed by atoms with Gasteiger partial charge in [0.25, 0.3) is 0 Å². The summed E-state index contributed by atoms with van der Waals surface area (Å²) in [7, 11) is 8.67. The van der Waals surface area contributed by atoms with Crippen molar-refractivity contribution in [2.75, 3.05) is 41.3 Å². The summed E-state index contributed by atoms with van der Waals surface area (Å²) >= 11 is -0.837. The molecule has 0 bridgehead atoms. The molecule has 0 aliphatic carbocycles. The van der Waals surface area contributed by atoms with E-state index in [1.807, 2.05) is 0 Å². The predicted molar refractivity (Wildman–Crippen MR) is 58.3 cm³/mol. The van der Waals surface area contributed by atoms with Gasteiger partial charge in [-0.1, -0.05) is 0 Å². The zero-order valence-electron chi connectivity index (χ0n) is 9.30. The van der Waals surface area contributed by atoms with Gasteiger partial charge in [0.05, 0.1) is 0 Å². The van der Waals surface area contributed by atoms with E-state index in [4.69, 9.17) is 0 Å². The normalized spacial score (nSPS) is 11.2. The van der Waals surface area contributed by atoms with Crippen LogP contribution >= 0.6 is 0 Å². The van der Waals surface area contributed by atoms with Crippen LogP contribution in [-0.4, -0.2) is 67.3 Å². The Morgan fingerprint density at radius 3 is 1.42 bits per heavy atom. The Balaban J connectivity index is 3.27. The average molecular weight is 229 g/mol. The fraction of sp³-hybridized carbons (Fsp3) is 1.00. The number of hydrogen-bond acceptors (Lipinski definition) is 2. The van der Waals surface area contributed by atoms with Gasteiger partial charge in [0.15, 0.2) is 0 Å². The summed E-state index contributed by atoms with van der Waals surface area (Å²) in [5, 5.41) is 0. The summed E-state index contributed by atoms with van der Waals surface area (Å²) in [5.74, 6) is 0. The Labute approximate surface area is 83.0 Å². The molecule has 0 spiro atoms. The first-order valence-corrected chi connectivity index (χ1v) is 10.7. The summed E-state index contributed by atoms with van der Waals surface area (Å²) < 4.78 is 0. The van der Waals surface area contributed by atoms with Gasteiger partial charge in [0, 0.05) is 0 Å². The van der Waals surface area contributed by atoms with Crippen LogP contribution in [0, 0.1) is 0 Å². The van der Waals surface area contributed by atoms with Crippen LogP contribution in [0.3, 0.4) is 0 Å². The zero-order chi connectivity index (χ0) is 9.56. The maximum absolute atomic E-state index is 2.53. The molecular weight excluding hydrogens is 206 g/mol. The van der Waals surface area contributed by atoms with Gasteiger partial charge in [-0.25, -0.2) is 0 Å². The standard InChI is InChI=1S/2C4H10N.CH3.Ga/c2*1-4-5(2)3;;/h2*1,4H2,2-3H3;1H3;. The molecule has 2 nitrogen and oxygen atoms in total. The molecule has 0 rings (SSSR count). The van der Waals surface area contributed by atoms with Gasteiger partial charge in [0.1, 0.15) is 0 Å². The summed E-state index contributed by atoms with van der Waals surface area (Å²) in [6.45, 7) is 2.60. The van der Waals surface area contributed by atoms with E-state index in [0.717, 1.165) is 0 Å². The second-order valence-corrected chi connectivity index (χ2v) is 11.3. The third-order valence-corrected chi connectivity index (χ3v) is 7.36. The molecule has 0 saturated carbocycles. The van der Waals surface area contributed by atoms with Gasteiger partial charge in [-0.05, 0) is 0 Å². The minimum atomic E-state index is -0.837. The molecule has 0 N–H and O–H groups in total. The molecule has 0 aromatic carbocycles. The van der Waals surface area contributed by atoms with Crippen molar-refractivity contribution < 1.29 is 0 Å². The van der Waals surface area contributed by atoms with Crippen LogP contribution < -0.4 is 0 Å². The molecule has 0 heterocycles. The first-order chi connectivity index (χ1) is 5.52. The molecule has 0 amide bonds. The number of nitrogens with zero attached hydrogens (tertiary/aromatic N) is 2. The monoisotopic (exact) mass is 228 g/mol. The topological polar surface area (TPSA) is 6.48 Å².